The molecule has 0 bridgehead atoms. The Kier molecular flexibility index (Phi) is 4.89. The number of para-hydroxylation sites is 1. The number of anilines is 1. The van der Waals surface area contributed by atoms with Gasteiger partial charge in [-0.25, -0.2) is 0 Å². The predicted molar refractivity (Wildman–Crippen MR) is 97.9 cm³/mol. The number of benzene rings is 2. The number of fused-ring (bicyclic) bond motifs is 1. The number of ketones is 1. The van der Waals surface area contributed by atoms with Crippen LogP contribution in [0, 0.1) is 0 Å². The summed E-state index contributed by atoms with van der Waals surface area (Å²) >= 11 is 0. The first-order valence-electron chi connectivity index (χ1n) is 8.61. The van der Waals surface area contributed by atoms with Crippen molar-refractivity contribution < 1.29 is 19.5 Å². The number of carbonyl (C=O) groups excluding carboxylic acids is 2. The first kappa shape index (κ1) is 17.9. The third-order valence-corrected chi connectivity index (χ3v) is 4.91. The Morgan fingerprint density at radius 3 is 2.35 bits per heavy atom. The summed E-state index contributed by atoms with van der Waals surface area (Å²) in [5, 5.41) is 9.47. The maximum absolute atomic E-state index is 13.4. The number of aliphatic carboxylic acids is 1. The number of carbonyl (C=O) groups is 3. The molecule has 2 aromatic rings. The number of rotatable bonds is 7. The largest absolute Gasteiger partial charge is 0.481 e. The summed E-state index contributed by atoms with van der Waals surface area (Å²) in [7, 11) is 0. The molecule has 0 saturated heterocycles. The third-order valence-electron chi connectivity index (χ3n) is 4.91. The van der Waals surface area contributed by atoms with Gasteiger partial charge in [-0.3, -0.25) is 9.59 Å². The number of hydrogen-bond acceptors (Lipinski definition) is 3. The van der Waals surface area contributed by atoms with Crippen LogP contribution in [0.2, 0.25) is 0 Å². The van der Waals surface area contributed by atoms with Gasteiger partial charge in [0.15, 0.2) is 0 Å². The van der Waals surface area contributed by atoms with E-state index in [1.54, 1.807) is 11.0 Å². The fourth-order valence-electron chi connectivity index (χ4n) is 3.67. The van der Waals surface area contributed by atoms with Crippen molar-refractivity contribution in [3.8, 4) is 0 Å². The van der Waals surface area contributed by atoms with Crippen molar-refractivity contribution in [3.05, 3.63) is 65.7 Å². The highest BCUT2D eigenvalue weighted by Gasteiger charge is 2.51. The summed E-state index contributed by atoms with van der Waals surface area (Å²) < 4.78 is 0. The van der Waals surface area contributed by atoms with Crippen molar-refractivity contribution in [1.82, 2.24) is 0 Å². The standard InChI is InChI=1S/C21H21NO4/c1-15(23)11-12-21(13-19(24)25)17-9-5-6-10-18(17)22(20(21)26)14-16-7-3-2-4-8-16/h2-10H,11-14H2,1H3,(H,24,25). The zero-order chi connectivity index (χ0) is 18.7. The van der Waals surface area contributed by atoms with Crippen molar-refractivity contribution in [3.63, 3.8) is 0 Å². The van der Waals surface area contributed by atoms with Gasteiger partial charge in [-0.15, -0.1) is 0 Å². The molecule has 3 rings (SSSR count). The van der Waals surface area contributed by atoms with Gasteiger partial charge >= 0.3 is 5.97 Å². The Bertz CT molecular complexity index is 846. The normalized spacial score (nSPS) is 18.7. The maximum Gasteiger partial charge on any atom is 0.304 e. The third kappa shape index (κ3) is 3.25. The lowest BCUT2D eigenvalue weighted by Crippen LogP contribution is -2.42. The predicted octanol–water partition coefficient (Wildman–Crippen LogP) is 3.32. The molecule has 26 heavy (non-hydrogen) atoms. The highest BCUT2D eigenvalue weighted by molar-refractivity contribution is 6.09. The minimum Gasteiger partial charge on any atom is -0.481 e. The number of hydrogen-bond donors (Lipinski definition) is 1. The van der Waals surface area contributed by atoms with Crippen LogP contribution in [0.1, 0.15) is 37.3 Å². The molecule has 1 heterocycles. The summed E-state index contributed by atoms with van der Waals surface area (Å²) in [5.41, 5.74) is 1.20. The van der Waals surface area contributed by atoms with Gasteiger partial charge in [-0.1, -0.05) is 48.5 Å². The number of Topliss-reactive ketones (excluding diaryl/α,β-unsaturated/α-hetero) is 1. The van der Waals surface area contributed by atoms with Crippen molar-refractivity contribution in [1.29, 1.82) is 0 Å². The van der Waals surface area contributed by atoms with Gasteiger partial charge in [-0.2, -0.15) is 0 Å². The van der Waals surface area contributed by atoms with E-state index in [1.165, 1.54) is 6.92 Å². The van der Waals surface area contributed by atoms with Crippen LogP contribution in [0.4, 0.5) is 5.69 Å². The van der Waals surface area contributed by atoms with Gasteiger partial charge in [0.05, 0.1) is 18.4 Å². The fraction of sp³-hybridized carbons (Fsp3) is 0.286. The monoisotopic (exact) mass is 351 g/mol. The van der Waals surface area contributed by atoms with Crippen molar-refractivity contribution in [2.75, 3.05) is 4.90 Å². The van der Waals surface area contributed by atoms with Gasteiger partial charge in [0.25, 0.3) is 0 Å². The Balaban J connectivity index is 2.05. The highest BCUT2D eigenvalue weighted by Crippen LogP contribution is 2.47. The molecule has 0 fully saturated rings. The zero-order valence-electron chi connectivity index (χ0n) is 14.6. The van der Waals surface area contributed by atoms with Crippen LogP contribution in [0.5, 0.6) is 0 Å². The number of carboxylic acid groups (broad SMARTS) is 1. The molecule has 1 aliphatic heterocycles. The molecule has 1 aliphatic rings. The summed E-state index contributed by atoms with van der Waals surface area (Å²) in [6.45, 7) is 1.83. The van der Waals surface area contributed by atoms with E-state index in [0.717, 1.165) is 11.3 Å². The molecular formula is C21H21NO4. The van der Waals surface area contributed by atoms with Crippen LogP contribution in [-0.4, -0.2) is 22.8 Å². The Labute approximate surface area is 152 Å². The SMILES string of the molecule is CC(=O)CCC1(CC(=O)O)C(=O)N(Cc2ccccc2)c2ccccc21. The zero-order valence-corrected chi connectivity index (χ0v) is 14.6. The van der Waals surface area contributed by atoms with Gasteiger partial charge in [-0.05, 0) is 30.5 Å². The molecule has 0 aliphatic carbocycles. The molecule has 0 saturated carbocycles. The van der Waals surface area contributed by atoms with E-state index in [9.17, 15) is 19.5 Å². The summed E-state index contributed by atoms with van der Waals surface area (Å²) in [4.78, 5) is 38.2. The minimum absolute atomic E-state index is 0.0541. The van der Waals surface area contributed by atoms with E-state index < -0.39 is 11.4 Å². The molecule has 134 valence electrons. The quantitative estimate of drug-likeness (QED) is 0.830. The molecule has 1 unspecified atom stereocenters. The van der Waals surface area contributed by atoms with Gasteiger partial charge in [0, 0.05) is 12.1 Å². The van der Waals surface area contributed by atoms with Crippen molar-refractivity contribution >= 4 is 23.3 Å². The van der Waals surface area contributed by atoms with E-state index >= 15 is 0 Å². The Morgan fingerprint density at radius 1 is 1.04 bits per heavy atom. The molecular weight excluding hydrogens is 330 g/mol. The summed E-state index contributed by atoms with van der Waals surface area (Å²) in [5.74, 6) is -1.34. The van der Waals surface area contributed by atoms with Crippen molar-refractivity contribution in [2.24, 2.45) is 0 Å². The Hall–Kier alpha value is -2.95. The average Bonchev–Trinajstić information content (AvgIpc) is 2.84. The van der Waals surface area contributed by atoms with Gasteiger partial charge < -0.3 is 14.8 Å². The molecule has 1 amide bonds. The first-order chi connectivity index (χ1) is 12.4. The second-order valence-electron chi connectivity index (χ2n) is 6.75. The molecule has 1 N–H and O–H groups in total. The molecule has 0 spiro atoms. The summed E-state index contributed by atoms with van der Waals surface area (Å²) in [6.07, 6.45) is 0.0592. The Morgan fingerprint density at radius 2 is 1.69 bits per heavy atom. The maximum atomic E-state index is 13.4. The molecule has 2 aromatic carbocycles. The average molecular weight is 351 g/mol. The van der Waals surface area contributed by atoms with Crippen molar-refractivity contribution in [2.45, 2.75) is 38.1 Å². The molecule has 0 aromatic heterocycles. The molecule has 5 heteroatoms. The second-order valence-corrected chi connectivity index (χ2v) is 6.75. The van der Waals surface area contributed by atoms with Gasteiger partial charge in [0.2, 0.25) is 5.91 Å². The highest BCUT2D eigenvalue weighted by atomic mass is 16.4. The molecule has 1 atom stereocenters. The molecule has 0 radical (unpaired) electrons. The minimum atomic E-state index is -1.19. The van der Waals surface area contributed by atoms with E-state index in [1.807, 2.05) is 48.5 Å². The van der Waals surface area contributed by atoms with E-state index in [4.69, 9.17) is 0 Å². The lowest BCUT2D eigenvalue weighted by molar-refractivity contribution is -0.141. The van der Waals surface area contributed by atoms with Gasteiger partial charge in [0.1, 0.15) is 5.78 Å². The summed E-state index contributed by atoms with van der Waals surface area (Å²) in [6, 6.07) is 16.9. The lowest BCUT2D eigenvalue weighted by Gasteiger charge is -2.27. The second kappa shape index (κ2) is 7.12. The number of carboxylic acids is 1. The smallest absolute Gasteiger partial charge is 0.304 e. The number of nitrogens with zero attached hydrogens (tertiary/aromatic N) is 1. The van der Waals surface area contributed by atoms with Crippen LogP contribution < -0.4 is 4.90 Å². The van der Waals surface area contributed by atoms with Crippen LogP contribution in [-0.2, 0) is 26.3 Å². The van der Waals surface area contributed by atoms with Crippen LogP contribution >= 0.6 is 0 Å². The number of amides is 1. The fourth-order valence-corrected chi connectivity index (χ4v) is 3.67. The van der Waals surface area contributed by atoms with E-state index in [2.05, 4.69) is 0 Å². The molecule has 5 nitrogen and oxygen atoms in total. The van der Waals surface area contributed by atoms with Crippen LogP contribution in [0.3, 0.4) is 0 Å². The van der Waals surface area contributed by atoms with Crippen LogP contribution in [0.15, 0.2) is 54.6 Å². The first-order valence-corrected chi connectivity index (χ1v) is 8.61. The van der Waals surface area contributed by atoms with E-state index in [-0.39, 0.29) is 31.0 Å². The van der Waals surface area contributed by atoms with E-state index in [0.29, 0.717) is 12.1 Å². The van der Waals surface area contributed by atoms with Crippen LogP contribution in [0.25, 0.3) is 0 Å². The topological polar surface area (TPSA) is 74.7 Å². The lowest BCUT2D eigenvalue weighted by atomic mass is 9.74.